The highest BCUT2D eigenvalue weighted by Crippen LogP contribution is 2.27. The minimum atomic E-state index is 0.591. The van der Waals surface area contributed by atoms with Crippen LogP contribution in [0.2, 0.25) is 0 Å². The van der Waals surface area contributed by atoms with Gasteiger partial charge in [0.2, 0.25) is 0 Å². The lowest BCUT2D eigenvalue weighted by atomic mass is 9.91. The van der Waals surface area contributed by atoms with E-state index in [1.54, 1.807) is 0 Å². The summed E-state index contributed by atoms with van der Waals surface area (Å²) in [7, 11) is 2.22. The molecule has 0 aromatic heterocycles. The SMILES string of the molecule is CN1CCCC(c2ccc(CCON)cc2)CC1. The van der Waals surface area contributed by atoms with E-state index in [0.717, 1.165) is 12.3 Å². The summed E-state index contributed by atoms with van der Waals surface area (Å²) >= 11 is 0. The summed E-state index contributed by atoms with van der Waals surface area (Å²) in [5, 5.41) is 0. The number of nitrogens with two attached hydrogens (primary N) is 1. The molecule has 18 heavy (non-hydrogen) atoms. The lowest BCUT2D eigenvalue weighted by Crippen LogP contribution is -2.18. The topological polar surface area (TPSA) is 38.5 Å². The minimum absolute atomic E-state index is 0.591. The zero-order valence-electron chi connectivity index (χ0n) is 11.3. The van der Waals surface area contributed by atoms with Gasteiger partial charge in [0.15, 0.2) is 0 Å². The maximum absolute atomic E-state index is 5.05. The van der Waals surface area contributed by atoms with Crippen LogP contribution >= 0.6 is 0 Å². The highest BCUT2D eigenvalue weighted by atomic mass is 16.6. The maximum Gasteiger partial charge on any atom is 0.0719 e. The highest BCUT2D eigenvalue weighted by molar-refractivity contribution is 5.25. The number of likely N-dealkylation sites (tertiary alicyclic amines) is 1. The molecule has 1 saturated heterocycles. The molecule has 0 bridgehead atoms. The fourth-order valence-electron chi connectivity index (χ4n) is 2.71. The standard InChI is InChI=1S/C15H24N2O/c1-17-10-2-3-14(8-11-17)15-6-4-13(5-7-15)9-12-18-16/h4-7,14H,2-3,8-12,16H2,1H3. The monoisotopic (exact) mass is 248 g/mol. The molecule has 2 rings (SSSR count). The Balaban J connectivity index is 1.95. The predicted octanol–water partition coefficient (Wildman–Crippen LogP) is 2.32. The second-order valence-corrected chi connectivity index (χ2v) is 5.29. The summed E-state index contributed by atoms with van der Waals surface area (Å²) in [4.78, 5) is 7.05. The summed E-state index contributed by atoms with van der Waals surface area (Å²) in [6.07, 6.45) is 4.80. The van der Waals surface area contributed by atoms with Crippen LogP contribution in [0, 0.1) is 0 Å². The Labute approximate surface area is 110 Å². The third-order valence-electron chi connectivity index (χ3n) is 3.91. The Hall–Kier alpha value is -0.900. The van der Waals surface area contributed by atoms with Crippen molar-refractivity contribution in [3.8, 4) is 0 Å². The molecule has 1 aromatic rings. The Bertz CT molecular complexity index is 350. The molecule has 0 saturated carbocycles. The summed E-state index contributed by atoms with van der Waals surface area (Å²) < 4.78 is 0. The van der Waals surface area contributed by atoms with Crippen LogP contribution in [0.5, 0.6) is 0 Å². The fourth-order valence-corrected chi connectivity index (χ4v) is 2.71. The van der Waals surface area contributed by atoms with Crippen molar-refractivity contribution in [2.45, 2.75) is 31.6 Å². The van der Waals surface area contributed by atoms with Gasteiger partial charge < -0.3 is 9.74 Å². The van der Waals surface area contributed by atoms with E-state index in [1.807, 2.05) is 0 Å². The van der Waals surface area contributed by atoms with Gasteiger partial charge in [0.25, 0.3) is 0 Å². The van der Waals surface area contributed by atoms with Crippen molar-refractivity contribution in [1.82, 2.24) is 4.90 Å². The molecule has 2 N–H and O–H groups in total. The molecule has 1 atom stereocenters. The first-order chi connectivity index (χ1) is 8.79. The summed E-state index contributed by atoms with van der Waals surface area (Å²) in [5.41, 5.74) is 2.79. The van der Waals surface area contributed by atoms with Crippen LogP contribution in [0.3, 0.4) is 0 Å². The smallest absolute Gasteiger partial charge is 0.0719 e. The van der Waals surface area contributed by atoms with Crippen molar-refractivity contribution in [1.29, 1.82) is 0 Å². The molecule has 3 nitrogen and oxygen atoms in total. The lowest BCUT2D eigenvalue weighted by molar-refractivity contribution is 0.141. The zero-order valence-corrected chi connectivity index (χ0v) is 11.3. The number of hydrogen-bond donors (Lipinski definition) is 1. The molecule has 1 heterocycles. The lowest BCUT2D eigenvalue weighted by Gasteiger charge is -2.15. The normalized spacial score (nSPS) is 21.8. The molecule has 1 aliphatic rings. The van der Waals surface area contributed by atoms with Crippen LogP contribution in [0.25, 0.3) is 0 Å². The molecular formula is C15H24N2O. The average molecular weight is 248 g/mol. The van der Waals surface area contributed by atoms with Crippen molar-refractivity contribution in [2.75, 3.05) is 26.7 Å². The van der Waals surface area contributed by atoms with Crippen LogP contribution in [0.4, 0.5) is 0 Å². The molecule has 1 unspecified atom stereocenters. The first-order valence-corrected chi connectivity index (χ1v) is 6.88. The van der Waals surface area contributed by atoms with Crippen LogP contribution in [-0.4, -0.2) is 31.6 Å². The molecule has 0 amide bonds. The molecule has 3 heteroatoms. The van der Waals surface area contributed by atoms with Gasteiger partial charge in [-0.15, -0.1) is 0 Å². The fraction of sp³-hybridized carbons (Fsp3) is 0.600. The highest BCUT2D eigenvalue weighted by Gasteiger charge is 2.16. The van der Waals surface area contributed by atoms with Gasteiger partial charge in [-0.05, 0) is 62.9 Å². The number of nitrogens with zero attached hydrogens (tertiary/aromatic N) is 1. The summed E-state index contributed by atoms with van der Waals surface area (Å²) in [6, 6.07) is 8.98. The second-order valence-electron chi connectivity index (χ2n) is 5.29. The molecule has 0 radical (unpaired) electrons. The molecule has 100 valence electrons. The molecular weight excluding hydrogens is 224 g/mol. The van der Waals surface area contributed by atoms with Crippen molar-refractivity contribution < 1.29 is 4.84 Å². The first kappa shape index (κ1) is 13.5. The first-order valence-electron chi connectivity index (χ1n) is 6.88. The van der Waals surface area contributed by atoms with Crippen molar-refractivity contribution in [3.05, 3.63) is 35.4 Å². The second kappa shape index (κ2) is 6.88. The quantitative estimate of drug-likeness (QED) is 0.831. The van der Waals surface area contributed by atoms with Gasteiger partial charge in [-0.25, -0.2) is 5.90 Å². The van der Waals surface area contributed by atoms with E-state index >= 15 is 0 Å². The minimum Gasteiger partial charge on any atom is -0.306 e. The van der Waals surface area contributed by atoms with E-state index in [1.165, 1.54) is 43.5 Å². The van der Waals surface area contributed by atoms with E-state index in [0.29, 0.717) is 6.61 Å². The number of benzene rings is 1. The third kappa shape index (κ3) is 3.80. The van der Waals surface area contributed by atoms with Gasteiger partial charge in [-0.3, -0.25) is 0 Å². The van der Waals surface area contributed by atoms with Crippen LogP contribution < -0.4 is 5.90 Å². The van der Waals surface area contributed by atoms with Crippen LogP contribution in [-0.2, 0) is 11.3 Å². The van der Waals surface area contributed by atoms with Crippen LogP contribution in [0.1, 0.15) is 36.3 Å². The van der Waals surface area contributed by atoms with Crippen molar-refractivity contribution in [2.24, 2.45) is 5.90 Å². The number of hydrogen-bond acceptors (Lipinski definition) is 3. The Morgan fingerprint density at radius 1 is 1.22 bits per heavy atom. The molecule has 1 aromatic carbocycles. The van der Waals surface area contributed by atoms with Crippen molar-refractivity contribution >= 4 is 0 Å². The van der Waals surface area contributed by atoms with Crippen LogP contribution in [0.15, 0.2) is 24.3 Å². The third-order valence-corrected chi connectivity index (χ3v) is 3.91. The zero-order chi connectivity index (χ0) is 12.8. The molecule has 1 aliphatic heterocycles. The van der Waals surface area contributed by atoms with Gasteiger partial charge in [0, 0.05) is 0 Å². The van der Waals surface area contributed by atoms with Gasteiger partial charge in [0.05, 0.1) is 6.61 Å². The Morgan fingerprint density at radius 3 is 2.72 bits per heavy atom. The van der Waals surface area contributed by atoms with Gasteiger partial charge in [0.1, 0.15) is 0 Å². The van der Waals surface area contributed by atoms with E-state index in [-0.39, 0.29) is 0 Å². The Morgan fingerprint density at radius 2 is 2.00 bits per heavy atom. The summed E-state index contributed by atoms with van der Waals surface area (Å²) in [5.74, 6) is 5.78. The van der Waals surface area contributed by atoms with E-state index in [2.05, 4.69) is 41.1 Å². The average Bonchev–Trinajstić information content (AvgIpc) is 2.62. The number of rotatable bonds is 4. The van der Waals surface area contributed by atoms with Gasteiger partial charge in [-0.1, -0.05) is 24.3 Å². The van der Waals surface area contributed by atoms with Gasteiger partial charge >= 0.3 is 0 Å². The van der Waals surface area contributed by atoms with E-state index < -0.39 is 0 Å². The largest absolute Gasteiger partial charge is 0.306 e. The molecule has 0 aliphatic carbocycles. The van der Waals surface area contributed by atoms with E-state index in [4.69, 9.17) is 5.90 Å². The summed E-state index contributed by atoms with van der Waals surface area (Å²) in [6.45, 7) is 3.05. The van der Waals surface area contributed by atoms with Crippen molar-refractivity contribution in [3.63, 3.8) is 0 Å². The van der Waals surface area contributed by atoms with Gasteiger partial charge in [-0.2, -0.15) is 0 Å². The Kier molecular flexibility index (Phi) is 5.17. The van der Waals surface area contributed by atoms with E-state index in [9.17, 15) is 0 Å². The maximum atomic E-state index is 5.05. The molecule has 1 fully saturated rings. The predicted molar refractivity (Wildman–Crippen MR) is 74.4 cm³/mol. The molecule has 0 spiro atoms.